The summed E-state index contributed by atoms with van der Waals surface area (Å²) >= 11 is 0. The van der Waals surface area contributed by atoms with Crippen molar-refractivity contribution in [2.45, 2.75) is 43.3 Å². The van der Waals surface area contributed by atoms with Gasteiger partial charge in [-0.3, -0.25) is 30.3 Å². The molecule has 0 N–H and O–H groups in total. The van der Waals surface area contributed by atoms with Gasteiger partial charge in [-0.2, -0.15) is 0 Å². The van der Waals surface area contributed by atoms with E-state index in [4.69, 9.17) is 0 Å². The first-order valence-electron chi connectivity index (χ1n) is 6.26. The molecule has 0 amide bonds. The van der Waals surface area contributed by atoms with Gasteiger partial charge in [0.15, 0.2) is 0 Å². The maximum Gasteiger partial charge on any atom is 0.464 e. The van der Waals surface area contributed by atoms with Crippen LogP contribution in [0.1, 0.15) is 32.1 Å². The monoisotopic (exact) mass is 271 g/mol. The van der Waals surface area contributed by atoms with Crippen LogP contribution in [-0.2, 0) is 0 Å². The zero-order chi connectivity index (χ0) is 14.0. The minimum atomic E-state index is -2.20. The average Bonchev–Trinajstić information content (AvgIpc) is 2.26. The maximum absolute atomic E-state index is 11.3. The fourth-order valence-corrected chi connectivity index (χ4v) is 4.81. The van der Waals surface area contributed by atoms with E-state index in [0.29, 0.717) is 19.3 Å². The third-order valence-electron chi connectivity index (χ3n) is 5.33. The topological polar surface area (TPSA) is 129 Å². The third kappa shape index (κ3) is 1.25. The second kappa shape index (κ2) is 3.40. The van der Waals surface area contributed by atoms with E-state index in [1.54, 1.807) is 0 Å². The first-order chi connectivity index (χ1) is 8.83. The molecule has 0 saturated heterocycles. The number of rotatable bonds is 3. The van der Waals surface area contributed by atoms with Gasteiger partial charge in [0.05, 0.1) is 9.85 Å². The molecule has 4 aliphatic rings. The third-order valence-corrected chi connectivity index (χ3v) is 5.33. The van der Waals surface area contributed by atoms with Crippen LogP contribution in [0.25, 0.3) is 0 Å². The second-order valence-electron chi connectivity index (χ2n) is 6.12. The van der Waals surface area contributed by atoms with Gasteiger partial charge >= 0.3 is 5.66 Å². The Labute approximate surface area is 107 Å². The molecule has 4 rings (SSSR count). The molecule has 19 heavy (non-hydrogen) atoms. The van der Waals surface area contributed by atoms with Gasteiger partial charge in [0.25, 0.3) is 0 Å². The van der Waals surface area contributed by atoms with Crippen molar-refractivity contribution in [2.24, 2.45) is 17.8 Å². The Morgan fingerprint density at radius 3 is 1.63 bits per heavy atom. The molecule has 4 bridgehead atoms. The van der Waals surface area contributed by atoms with Gasteiger partial charge in [-0.15, -0.1) is 0 Å². The summed E-state index contributed by atoms with van der Waals surface area (Å²) in [6, 6.07) is 0. The van der Waals surface area contributed by atoms with Gasteiger partial charge in [-0.05, 0) is 18.8 Å². The van der Waals surface area contributed by atoms with Crippen LogP contribution in [0.5, 0.6) is 0 Å². The molecule has 0 spiro atoms. The standard InChI is InChI=1S/C10H13N3O6/c14-11(15)9-3-6-1-7(4-9)10(12(16)17,13(18)19)8(2-6)5-9/h6-8H,1-5H2/t6?,7-,8+,9?. The van der Waals surface area contributed by atoms with Crippen molar-refractivity contribution in [3.8, 4) is 0 Å². The summed E-state index contributed by atoms with van der Waals surface area (Å²) in [7, 11) is 0. The summed E-state index contributed by atoms with van der Waals surface area (Å²) in [6.07, 6.45) is 1.09. The first-order valence-corrected chi connectivity index (χ1v) is 6.26. The Kier molecular flexibility index (Phi) is 2.19. The van der Waals surface area contributed by atoms with Crippen molar-refractivity contribution in [1.82, 2.24) is 0 Å². The van der Waals surface area contributed by atoms with Crippen LogP contribution in [-0.4, -0.2) is 26.0 Å². The summed E-state index contributed by atoms with van der Waals surface area (Å²) in [6.45, 7) is 0. The molecule has 9 heteroatoms. The Bertz CT molecular complexity index is 460. The highest BCUT2D eigenvalue weighted by Crippen LogP contribution is 2.61. The van der Waals surface area contributed by atoms with Crippen LogP contribution in [0.4, 0.5) is 0 Å². The highest BCUT2D eigenvalue weighted by molar-refractivity contribution is 5.09. The molecule has 0 radical (unpaired) electrons. The zero-order valence-electron chi connectivity index (χ0n) is 10.1. The van der Waals surface area contributed by atoms with Gasteiger partial charge in [-0.1, -0.05) is 0 Å². The van der Waals surface area contributed by atoms with Crippen LogP contribution in [0.3, 0.4) is 0 Å². The summed E-state index contributed by atoms with van der Waals surface area (Å²) in [5.74, 6) is -1.60. The van der Waals surface area contributed by atoms with Crippen LogP contribution < -0.4 is 0 Å². The van der Waals surface area contributed by atoms with Crippen molar-refractivity contribution in [2.75, 3.05) is 0 Å². The molecule has 4 fully saturated rings. The number of nitrogens with zero attached hydrogens (tertiary/aromatic N) is 3. The van der Waals surface area contributed by atoms with Crippen molar-refractivity contribution >= 4 is 0 Å². The molecule has 0 heterocycles. The van der Waals surface area contributed by atoms with Gasteiger partial charge < -0.3 is 0 Å². The van der Waals surface area contributed by atoms with Crippen molar-refractivity contribution in [3.63, 3.8) is 0 Å². The van der Waals surface area contributed by atoms with E-state index in [9.17, 15) is 30.3 Å². The molecule has 0 aliphatic heterocycles. The molecule has 4 aliphatic carbocycles. The van der Waals surface area contributed by atoms with Crippen LogP contribution in [0.2, 0.25) is 0 Å². The molecular formula is C10H13N3O6. The Hall–Kier alpha value is -1.80. The second-order valence-corrected chi connectivity index (χ2v) is 6.12. The molecule has 2 unspecified atom stereocenters. The molecule has 0 aromatic heterocycles. The van der Waals surface area contributed by atoms with Gasteiger partial charge in [0, 0.05) is 24.2 Å². The Morgan fingerprint density at radius 2 is 1.26 bits per heavy atom. The normalized spacial score (nSPS) is 42.0. The largest absolute Gasteiger partial charge is 0.464 e. The van der Waals surface area contributed by atoms with Crippen molar-refractivity contribution in [1.29, 1.82) is 0 Å². The van der Waals surface area contributed by atoms with E-state index in [0.717, 1.165) is 0 Å². The molecule has 9 nitrogen and oxygen atoms in total. The first kappa shape index (κ1) is 12.2. The SMILES string of the molecule is O=[N+]([O-])C12CC3C[C@H](C1)C([N+](=O)[O-])([N+](=O)[O-])[C@@H](C3)C2. The van der Waals surface area contributed by atoms with Gasteiger partial charge in [-0.25, -0.2) is 0 Å². The lowest BCUT2D eigenvalue weighted by Crippen LogP contribution is -2.71. The van der Waals surface area contributed by atoms with Gasteiger partial charge in [0.1, 0.15) is 11.8 Å². The predicted molar refractivity (Wildman–Crippen MR) is 60.0 cm³/mol. The van der Waals surface area contributed by atoms with E-state index in [-0.39, 0.29) is 23.7 Å². The predicted octanol–water partition coefficient (Wildman–Crippen LogP) is 1.09. The van der Waals surface area contributed by atoms with Crippen molar-refractivity contribution in [3.05, 3.63) is 30.3 Å². The molecule has 4 atom stereocenters. The van der Waals surface area contributed by atoms with Crippen LogP contribution in [0.15, 0.2) is 0 Å². The van der Waals surface area contributed by atoms with Crippen LogP contribution in [0, 0.1) is 48.1 Å². The average molecular weight is 271 g/mol. The molecular weight excluding hydrogens is 258 g/mol. The van der Waals surface area contributed by atoms with Gasteiger partial charge in [0.2, 0.25) is 5.54 Å². The lowest BCUT2D eigenvalue weighted by Gasteiger charge is -2.52. The van der Waals surface area contributed by atoms with E-state index < -0.39 is 32.9 Å². The highest BCUT2D eigenvalue weighted by Gasteiger charge is 2.80. The Balaban J connectivity index is 2.09. The summed E-state index contributed by atoms with van der Waals surface area (Å²) in [4.78, 5) is 32.0. The zero-order valence-corrected chi connectivity index (χ0v) is 10.1. The summed E-state index contributed by atoms with van der Waals surface area (Å²) in [5, 5.41) is 33.9. The maximum atomic E-state index is 11.3. The minimum Gasteiger partial charge on any atom is -0.264 e. The van der Waals surface area contributed by atoms with E-state index >= 15 is 0 Å². The van der Waals surface area contributed by atoms with Crippen LogP contribution >= 0.6 is 0 Å². The van der Waals surface area contributed by atoms with E-state index in [1.165, 1.54) is 0 Å². The van der Waals surface area contributed by atoms with E-state index in [2.05, 4.69) is 0 Å². The highest BCUT2D eigenvalue weighted by atomic mass is 16.7. The smallest absolute Gasteiger partial charge is 0.264 e. The summed E-state index contributed by atoms with van der Waals surface area (Å²) in [5.41, 5.74) is -3.36. The molecule has 0 aromatic rings. The molecule has 4 saturated carbocycles. The number of nitro groups is 3. The molecule has 0 aromatic carbocycles. The fraction of sp³-hybridized carbons (Fsp3) is 1.00. The lowest BCUT2D eigenvalue weighted by atomic mass is 9.49. The van der Waals surface area contributed by atoms with Crippen molar-refractivity contribution < 1.29 is 14.8 Å². The van der Waals surface area contributed by atoms with E-state index in [1.807, 2.05) is 0 Å². The lowest BCUT2D eigenvalue weighted by molar-refractivity contribution is -0.829. The Morgan fingerprint density at radius 1 is 0.789 bits per heavy atom. The molecule has 104 valence electrons. The quantitative estimate of drug-likeness (QED) is 0.429. The number of hydrogen-bond donors (Lipinski definition) is 0. The fourth-order valence-electron chi connectivity index (χ4n) is 4.81. The summed E-state index contributed by atoms with van der Waals surface area (Å²) < 4.78 is 0. The minimum absolute atomic E-state index is 0.0240. The number of hydrogen-bond acceptors (Lipinski definition) is 6.